The summed E-state index contributed by atoms with van der Waals surface area (Å²) >= 11 is 0. The molecule has 6 heteroatoms. The number of hydrogen-bond acceptors (Lipinski definition) is 4. The lowest BCUT2D eigenvalue weighted by Gasteiger charge is -2.27. The average Bonchev–Trinajstić information content (AvgIpc) is 3.20. The molecule has 1 heterocycles. The van der Waals surface area contributed by atoms with Crippen molar-refractivity contribution in [3.05, 3.63) is 66.5 Å². The van der Waals surface area contributed by atoms with Gasteiger partial charge in [0.25, 0.3) is 5.91 Å². The van der Waals surface area contributed by atoms with Crippen molar-refractivity contribution in [3.8, 4) is 11.4 Å². The van der Waals surface area contributed by atoms with E-state index < -0.39 is 0 Å². The number of aromatic nitrogens is 2. The molecule has 0 saturated heterocycles. The van der Waals surface area contributed by atoms with Gasteiger partial charge in [-0.25, -0.2) is 4.68 Å². The smallest absolute Gasteiger partial charge is 0.276 e. The van der Waals surface area contributed by atoms with Crippen LogP contribution in [-0.2, 0) is 0 Å². The fraction of sp³-hybridized carbons (Fsp3) is 0.273. The van der Waals surface area contributed by atoms with Crippen molar-refractivity contribution in [1.29, 1.82) is 0 Å². The zero-order valence-electron chi connectivity index (χ0n) is 16.7. The van der Waals surface area contributed by atoms with E-state index in [9.17, 15) is 4.79 Å². The molecule has 0 bridgehead atoms. The van der Waals surface area contributed by atoms with E-state index in [4.69, 9.17) is 4.74 Å². The summed E-state index contributed by atoms with van der Waals surface area (Å²) in [5, 5.41) is 7.27. The van der Waals surface area contributed by atoms with Gasteiger partial charge >= 0.3 is 0 Å². The fourth-order valence-corrected chi connectivity index (χ4v) is 3.10. The first-order valence-electron chi connectivity index (χ1n) is 9.40. The Bertz CT molecular complexity index is 914. The highest BCUT2D eigenvalue weighted by Crippen LogP contribution is 2.20. The van der Waals surface area contributed by atoms with E-state index in [0.717, 1.165) is 29.4 Å². The second-order valence-corrected chi connectivity index (χ2v) is 6.72. The molecule has 1 N–H and O–H groups in total. The fourth-order valence-electron chi connectivity index (χ4n) is 3.10. The zero-order chi connectivity index (χ0) is 20.1. The maximum atomic E-state index is 12.5. The largest absolute Gasteiger partial charge is 0.497 e. The quantitative estimate of drug-likeness (QED) is 0.663. The Hall–Kier alpha value is -3.28. The molecule has 2 aromatic carbocycles. The predicted molar refractivity (Wildman–Crippen MR) is 113 cm³/mol. The van der Waals surface area contributed by atoms with Crippen LogP contribution in [0.15, 0.2) is 60.8 Å². The van der Waals surface area contributed by atoms with Gasteiger partial charge in [0.15, 0.2) is 5.69 Å². The highest BCUT2D eigenvalue weighted by atomic mass is 16.5. The van der Waals surface area contributed by atoms with E-state index in [0.29, 0.717) is 11.7 Å². The molecule has 0 radical (unpaired) electrons. The standard InChI is InChI=1S/C22H26N4O2/c1-5-25(16(2)3)18-8-6-17(7-9-18)23-22(27)21-14-15-26(24-21)19-10-12-20(28-4)13-11-19/h6-16H,5H2,1-4H3,(H,23,27). The Labute approximate surface area is 165 Å². The Morgan fingerprint density at radius 2 is 1.79 bits per heavy atom. The topological polar surface area (TPSA) is 59.4 Å². The summed E-state index contributed by atoms with van der Waals surface area (Å²) in [7, 11) is 1.63. The van der Waals surface area contributed by atoms with Crippen molar-refractivity contribution in [1.82, 2.24) is 9.78 Å². The summed E-state index contributed by atoms with van der Waals surface area (Å²) in [4.78, 5) is 14.8. The number of carbonyl (C=O) groups is 1. The number of amides is 1. The van der Waals surface area contributed by atoms with Crippen LogP contribution in [0, 0.1) is 0 Å². The minimum Gasteiger partial charge on any atom is -0.497 e. The minimum absolute atomic E-state index is 0.240. The molecule has 0 unspecified atom stereocenters. The minimum atomic E-state index is -0.240. The SMILES string of the molecule is CCN(c1ccc(NC(=O)c2ccn(-c3ccc(OC)cc3)n2)cc1)C(C)C. The summed E-state index contributed by atoms with van der Waals surface area (Å²) in [5.74, 6) is 0.535. The zero-order valence-corrected chi connectivity index (χ0v) is 16.7. The molecule has 6 nitrogen and oxygen atoms in total. The summed E-state index contributed by atoms with van der Waals surface area (Å²) in [6.45, 7) is 7.40. The molecule has 0 spiro atoms. The molecule has 3 rings (SSSR count). The highest BCUT2D eigenvalue weighted by Gasteiger charge is 2.12. The number of hydrogen-bond donors (Lipinski definition) is 1. The molecule has 0 fully saturated rings. The lowest BCUT2D eigenvalue weighted by atomic mass is 10.2. The van der Waals surface area contributed by atoms with Crippen LogP contribution in [-0.4, -0.2) is 35.4 Å². The molecular weight excluding hydrogens is 352 g/mol. The van der Waals surface area contributed by atoms with E-state index in [1.54, 1.807) is 24.1 Å². The lowest BCUT2D eigenvalue weighted by molar-refractivity contribution is 0.102. The Morgan fingerprint density at radius 1 is 1.11 bits per heavy atom. The van der Waals surface area contributed by atoms with Crippen molar-refractivity contribution >= 4 is 17.3 Å². The summed E-state index contributed by atoms with van der Waals surface area (Å²) < 4.78 is 6.83. The Morgan fingerprint density at radius 3 is 2.36 bits per heavy atom. The van der Waals surface area contributed by atoms with Gasteiger partial charge in [0.05, 0.1) is 12.8 Å². The molecule has 1 amide bonds. The third-order valence-corrected chi connectivity index (χ3v) is 4.58. The average molecular weight is 378 g/mol. The van der Waals surface area contributed by atoms with Crippen LogP contribution in [0.2, 0.25) is 0 Å². The lowest BCUT2D eigenvalue weighted by Crippen LogP contribution is -2.30. The van der Waals surface area contributed by atoms with Gasteiger partial charge in [-0.1, -0.05) is 0 Å². The van der Waals surface area contributed by atoms with Gasteiger partial charge in [0, 0.05) is 30.2 Å². The second-order valence-electron chi connectivity index (χ2n) is 6.72. The number of benzene rings is 2. The van der Waals surface area contributed by atoms with Crippen molar-refractivity contribution in [2.75, 3.05) is 23.9 Å². The monoisotopic (exact) mass is 378 g/mol. The van der Waals surface area contributed by atoms with E-state index >= 15 is 0 Å². The molecular formula is C22H26N4O2. The van der Waals surface area contributed by atoms with Gasteiger partial charge in [-0.3, -0.25) is 4.79 Å². The maximum absolute atomic E-state index is 12.5. The van der Waals surface area contributed by atoms with Crippen LogP contribution in [0.5, 0.6) is 5.75 Å². The van der Waals surface area contributed by atoms with Crippen LogP contribution in [0.3, 0.4) is 0 Å². The molecule has 0 aliphatic carbocycles. The van der Waals surface area contributed by atoms with E-state index in [1.807, 2.05) is 48.5 Å². The van der Waals surface area contributed by atoms with Crippen LogP contribution >= 0.6 is 0 Å². The van der Waals surface area contributed by atoms with E-state index in [1.165, 1.54) is 0 Å². The number of nitrogens with zero attached hydrogens (tertiary/aromatic N) is 3. The van der Waals surface area contributed by atoms with Gasteiger partial charge in [-0.05, 0) is 75.4 Å². The first-order valence-corrected chi connectivity index (χ1v) is 9.40. The van der Waals surface area contributed by atoms with Crippen LogP contribution in [0.25, 0.3) is 5.69 Å². The molecule has 146 valence electrons. The van der Waals surface area contributed by atoms with Gasteiger partial charge in [0.2, 0.25) is 0 Å². The number of ether oxygens (including phenoxy) is 1. The summed E-state index contributed by atoms with van der Waals surface area (Å²) in [5.41, 5.74) is 3.10. The number of anilines is 2. The molecule has 0 atom stereocenters. The number of nitrogens with one attached hydrogen (secondary N) is 1. The van der Waals surface area contributed by atoms with Gasteiger partial charge in [0.1, 0.15) is 5.75 Å². The predicted octanol–water partition coefficient (Wildman–Crippen LogP) is 4.37. The maximum Gasteiger partial charge on any atom is 0.276 e. The van der Waals surface area contributed by atoms with E-state index in [2.05, 4.69) is 36.1 Å². The first kappa shape index (κ1) is 19.5. The van der Waals surface area contributed by atoms with Crippen LogP contribution in [0.1, 0.15) is 31.3 Å². The third kappa shape index (κ3) is 4.34. The van der Waals surface area contributed by atoms with Crippen molar-refractivity contribution < 1.29 is 9.53 Å². The van der Waals surface area contributed by atoms with Crippen LogP contribution < -0.4 is 15.0 Å². The van der Waals surface area contributed by atoms with Crippen molar-refractivity contribution in [2.24, 2.45) is 0 Å². The number of carbonyl (C=O) groups excluding carboxylic acids is 1. The molecule has 0 aliphatic rings. The second kappa shape index (κ2) is 8.61. The van der Waals surface area contributed by atoms with Crippen molar-refractivity contribution in [3.63, 3.8) is 0 Å². The van der Waals surface area contributed by atoms with Crippen LogP contribution in [0.4, 0.5) is 11.4 Å². The Kier molecular flexibility index (Phi) is 5.99. The number of rotatable bonds is 7. The molecule has 0 aliphatic heterocycles. The first-order chi connectivity index (χ1) is 13.5. The van der Waals surface area contributed by atoms with Gasteiger partial charge in [-0.2, -0.15) is 5.10 Å². The molecule has 0 saturated carbocycles. The van der Waals surface area contributed by atoms with Gasteiger partial charge in [-0.15, -0.1) is 0 Å². The normalized spacial score (nSPS) is 10.8. The Balaban J connectivity index is 1.69. The third-order valence-electron chi connectivity index (χ3n) is 4.58. The summed E-state index contributed by atoms with van der Waals surface area (Å²) in [6.07, 6.45) is 1.77. The molecule has 1 aromatic heterocycles. The molecule has 28 heavy (non-hydrogen) atoms. The number of methoxy groups -OCH3 is 1. The van der Waals surface area contributed by atoms with Gasteiger partial charge < -0.3 is 15.0 Å². The summed E-state index contributed by atoms with van der Waals surface area (Å²) in [6, 6.07) is 17.5. The van der Waals surface area contributed by atoms with E-state index in [-0.39, 0.29) is 5.91 Å². The highest BCUT2D eigenvalue weighted by molar-refractivity contribution is 6.02. The van der Waals surface area contributed by atoms with Crippen molar-refractivity contribution in [2.45, 2.75) is 26.8 Å². The molecule has 3 aromatic rings.